The van der Waals surface area contributed by atoms with Crippen LogP contribution in [0.2, 0.25) is 0 Å². The molecule has 1 fully saturated rings. The molecule has 28 heavy (non-hydrogen) atoms. The number of rotatable bonds is 4. The Labute approximate surface area is 166 Å². The van der Waals surface area contributed by atoms with Crippen LogP contribution in [0.3, 0.4) is 0 Å². The molecular weight excluding hydrogens is 376 g/mol. The standard InChI is InChI=1S/C21H20N2O4S/c1-14-17(21(25)23-9-12-26-13-10-23)20(22-19(24)16-8-5-11-27-16)28-18(14)15-6-3-2-4-7-15/h2-8,11H,9-10,12-13H2,1H3,(H,22,24). The van der Waals surface area contributed by atoms with Crippen LogP contribution in [0.1, 0.15) is 26.5 Å². The molecule has 0 radical (unpaired) electrons. The van der Waals surface area contributed by atoms with Gasteiger partial charge in [-0.1, -0.05) is 30.3 Å². The molecule has 1 aromatic carbocycles. The number of ether oxygens (including phenoxy) is 1. The number of carbonyl (C=O) groups is 2. The number of morpholine rings is 1. The van der Waals surface area contributed by atoms with E-state index in [1.165, 1.54) is 17.6 Å². The molecule has 0 saturated carbocycles. The number of hydrogen-bond acceptors (Lipinski definition) is 5. The second-order valence-electron chi connectivity index (χ2n) is 6.46. The Morgan fingerprint density at radius 1 is 1.07 bits per heavy atom. The maximum absolute atomic E-state index is 13.3. The van der Waals surface area contributed by atoms with Crippen molar-refractivity contribution in [1.29, 1.82) is 0 Å². The smallest absolute Gasteiger partial charge is 0.291 e. The zero-order valence-electron chi connectivity index (χ0n) is 15.4. The van der Waals surface area contributed by atoms with Crippen molar-refractivity contribution >= 4 is 28.2 Å². The Hall–Kier alpha value is -2.90. The number of carbonyl (C=O) groups excluding carboxylic acids is 2. The van der Waals surface area contributed by atoms with Crippen LogP contribution in [0.15, 0.2) is 53.1 Å². The number of furan rings is 1. The summed E-state index contributed by atoms with van der Waals surface area (Å²) in [5.41, 5.74) is 2.41. The molecule has 0 bridgehead atoms. The van der Waals surface area contributed by atoms with Crippen LogP contribution in [-0.2, 0) is 4.74 Å². The molecule has 2 amide bonds. The summed E-state index contributed by atoms with van der Waals surface area (Å²) in [6.07, 6.45) is 1.45. The van der Waals surface area contributed by atoms with Crippen LogP contribution in [0.4, 0.5) is 5.00 Å². The van der Waals surface area contributed by atoms with Crippen LogP contribution in [0.5, 0.6) is 0 Å². The van der Waals surface area contributed by atoms with Crippen molar-refractivity contribution in [2.24, 2.45) is 0 Å². The minimum absolute atomic E-state index is 0.0889. The molecule has 1 aliphatic rings. The van der Waals surface area contributed by atoms with E-state index in [9.17, 15) is 9.59 Å². The van der Waals surface area contributed by atoms with Gasteiger partial charge < -0.3 is 19.4 Å². The normalized spacial score (nSPS) is 14.1. The van der Waals surface area contributed by atoms with Crippen LogP contribution in [-0.4, -0.2) is 43.0 Å². The zero-order chi connectivity index (χ0) is 19.5. The maximum Gasteiger partial charge on any atom is 0.291 e. The Balaban J connectivity index is 1.74. The first kappa shape index (κ1) is 18.5. The zero-order valence-corrected chi connectivity index (χ0v) is 16.3. The van der Waals surface area contributed by atoms with Crippen LogP contribution in [0.25, 0.3) is 10.4 Å². The molecule has 1 N–H and O–H groups in total. The highest BCUT2D eigenvalue weighted by Gasteiger charge is 2.28. The summed E-state index contributed by atoms with van der Waals surface area (Å²) < 4.78 is 10.5. The molecule has 0 aliphatic carbocycles. The SMILES string of the molecule is Cc1c(-c2ccccc2)sc(NC(=O)c2ccco2)c1C(=O)N1CCOCC1. The van der Waals surface area contributed by atoms with Crippen LogP contribution >= 0.6 is 11.3 Å². The van der Waals surface area contributed by atoms with E-state index in [1.807, 2.05) is 37.3 Å². The fourth-order valence-corrected chi connectivity index (χ4v) is 4.42. The molecule has 0 unspecified atom stereocenters. The fourth-order valence-electron chi connectivity index (χ4n) is 3.22. The molecule has 1 aliphatic heterocycles. The molecular formula is C21H20N2O4S. The highest BCUT2D eigenvalue weighted by molar-refractivity contribution is 7.20. The average molecular weight is 396 g/mol. The molecule has 4 rings (SSSR count). The Morgan fingerprint density at radius 3 is 2.50 bits per heavy atom. The largest absolute Gasteiger partial charge is 0.459 e. The second-order valence-corrected chi connectivity index (χ2v) is 7.48. The van der Waals surface area contributed by atoms with Gasteiger partial charge in [0.05, 0.1) is 25.0 Å². The van der Waals surface area contributed by atoms with E-state index >= 15 is 0 Å². The van der Waals surface area contributed by atoms with Crippen molar-refractivity contribution in [3.63, 3.8) is 0 Å². The molecule has 6 nitrogen and oxygen atoms in total. The lowest BCUT2D eigenvalue weighted by atomic mass is 10.1. The van der Waals surface area contributed by atoms with E-state index in [1.54, 1.807) is 17.0 Å². The third-order valence-corrected chi connectivity index (χ3v) is 5.92. The van der Waals surface area contributed by atoms with E-state index in [-0.39, 0.29) is 17.6 Å². The summed E-state index contributed by atoms with van der Waals surface area (Å²) in [6, 6.07) is 13.1. The minimum atomic E-state index is -0.373. The Kier molecular flexibility index (Phi) is 5.27. The lowest BCUT2D eigenvalue weighted by Crippen LogP contribution is -2.41. The number of nitrogens with zero attached hydrogens (tertiary/aromatic N) is 1. The van der Waals surface area contributed by atoms with Crippen molar-refractivity contribution in [2.45, 2.75) is 6.92 Å². The number of anilines is 1. The van der Waals surface area contributed by atoms with Gasteiger partial charge in [0, 0.05) is 18.0 Å². The highest BCUT2D eigenvalue weighted by atomic mass is 32.1. The molecule has 1 saturated heterocycles. The van der Waals surface area contributed by atoms with E-state index in [0.29, 0.717) is 36.9 Å². The summed E-state index contributed by atoms with van der Waals surface area (Å²) in [5.74, 6) is -0.257. The first-order valence-electron chi connectivity index (χ1n) is 9.06. The summed E-state index contributed by atoms with van der Waals surface area (Å²) in [4.78, 5) is 28.5. The van der Waals surface area contributed by atoms with Gasteiger partial charge in [-0.25, -0.2) is 0 Å². The van der Waals surface area contributed by atoms with Gasteiger partial charge >= 0.3 is 0 Å². The number of nitrogens with one attached hydrogen (secondary N) is 1. The van der Waals surface area contributed by atoms with Crippen molar-refractivity contribution < 1.29 is 18.7 Å². The topological polar surface area (TPSA) is 71.8 Å². The number of thiophene rings is 1. The number of benzene rings is 1. The molecule has 3 heterocycles. The Bertz CT molecular complexity index is 974. The first-order chi connectivity index (χ1) is 13.6. The molecule has 144 valence electrons. The van der Waals surface area contributed by atoms with Crippen LogP contribution in [0, 0.1) is 6.92 Å². The molecule has 2 aromatic heterocycles. The Morgan fingerprint density at radius 2 is 1.82 bits per heavy atom. The van der Waals surface area contributed by atoms with E-state index < -0.39 is 0 Å². The quantitative estimate of drug-likeness (QED) is 0.722. The molecule has 3 aromatic rings. The van der Waals surface area contributed by atoms with Gasteiger partial charge in [0.1, 0.15) is 5.00 Å². The van der Waals surface area contributed by atoms with Crippen molar-refractivity contribution in [2.75, 3.05) is 31.6 Å². The van der Waals surface area contributed by atoms with Gasteiger partial charge in [0.25, 0.3) is 11.8 Å². The average Bonchev–Trinajstić information content (AvgIpc) is 3.37. The van der Waals surface area contributed by atoms with Crippen LogP contribution < -0.4 is 5.32 Å². The van der Waals surface area contributed by atoms with Gasteiger partial charge in [0.15, 0.2) is 5.76 Å². The summed E-state index contributed by atoms with van der Waals surface area (Å²) in [6.45, 7) is 4.05. The summed E-state index contributed by atoms with van der Waals surface area (Å²) in [5, 5.41) is 3.41. The van der Waals surface area contributed by atoms with Gasteiger partial charge in [-0.2, -0.15) is 0 Å². The third kappa shape index (κ3) is 3.58. The van der Waals surface area contributed by atoms with Gasteiger partial charge in [-0.05, 0) is 30.2 Å². The number of hydrogen-bond donors (Lipinski definition) is 1. The van der Waals surface area contributed by atoms with Crippen molar-refractivity contribution in [1.82, 2.24) is 4.90 Å². The lowest BCUT2D eigenvalue weighted by molar-refractivity contribution is 0.0303. The maximum atomic E-state index is 13.3. The van der Waals surface area contributed by atoms with E-state index in [4.69, 9.17) is 9.15 Å². The lowest BCUT2D eigenvalue weighted by Gasteiger charge is -2.27. The molecule has 0 spiro atoms. The van der Waals surface area contributed by atoms with Crippen molar-refractivity contribution in [3.8, 4) is 10.4 Å². The summed E-state index contributed by atoms with van der Waals surface area (Å²) in [7, 11) is 0. The van der Waals surface area contributed by atoms with E-state index in [2.05, 4.69) is 5.32 Å². The summed E-state index contributed by atoms with van der Waals surface area (Å²) >= 11 is 1.40. The molecule has 7 heteroatoms. The third-order valence-electron chi connectivity index (χ3n) is 4.67. The van der Waals surface area contributed by atoms with Gasteiger partial charge in [-0.15, -0.1) is 11.3 Å². The predicted octanol–water partition coefficient (Wildman–Crippen LogP) is 4.04. The number of amides is 2. The monoisotopic (exact) mass is 396 g/mol. The van der Waals surface area contributed by atoms with Gasteiger partial charge in [-0.3, -0.25) is 9.59 Å². The highest BCUT2D eigenvalue weighted by Crippen LogP contribution is 2.40. The fraction of sp³-hybridized carbons (Fsp3) is 0.238. The first-order valence-corrected chi connectivity index (χ1v) is 9.87. The van der Waals surface area contributed by atoms with E-state index in [0.717, 1.165) is 16.0 Å². The molecule has 0 atom stereocenters. The second kappa shape index (κ2) is 8.00. The van der Waals surface area contributed by atoms with Gasteiger partial charge in [0.2, 0.25) is 0 Å². The predicted molar refractivity (Wildman–Crippen MR) is 108 cm³/mol. The minimum Gasteiger partial charge on any atom is -0.459 e. The van der Waals surface area contributed by atoms with Crippen molar-refractivity contribution in [3.05, 3.63) is 65.6 Å².